The van der Waals surface area contributed by atoms with E-state index in [4.69, 9.17) is 24.7 Å². The maximum absolute atomic E-state index is 13.1. The second-order valence-electron chi connectivity index (χ2n) is 6.42. The minimum atomic E-state index is -0.890. The second kappa shape index (κ2) is 10.6. The van der Waals surface area contributed by atoms with E-state index in [1.807, 2.05) is 25.1 Å². The van der Waals surface area contributed by atoms with E-state index in [0.29, 0.717) is 31.1 Å². The van der Waals surface area contributed by atoms with Crippen molar-refractivity contribution in [2.24, 2.45) is 0 Å². The van der Waals surface area contributed by atoms with Crippen LogP contribution in [0.3, 0.4) is 0 Å². The molecular formula is C21H25N3O6. The Hall–Kier alpha value is -3.17. The highest BCUT2D eigenvalue weighted by Crippen LogP contribution is 2.37. The number of nitrogens with zero attached hydrogens (tertiary/aromatic N) is 2. The lowest BCUT2D eigenvalue weighted by Crippen LogP contribution is -2.45. The van der Waals surface area contributed by atoms with Crippen molar-refractivity contribution >= 4 is 23.5 Å². The lowest BCUT2D eigenvalue weighted by molar-refractivity contribution is -0.145. The maximum atomic E-state index is 13.1. The smallest absolute Gasteiger partial charge is 0.326 e. The lowest BCUT2D eigenvalue weighted by Gasteiger charge is -2.33. The number of carbonyl (C=O) groups is 2. The molecule has 9 heteroatoms. The molecule has 0 radical (unpaired) electrons. The number of rotatable bonds is 10. The molecule has 1 aromatic heterocycles. The van der Waals surface area contributed by atoms with Crippen LogP contribution in [0.4, 0.5) is 11.6 Å². The molecule has 160 valence electrons. The predicted octanol–water partition coefficient (Wildman–Crippen LogP) is 1.73. The number of ether oxygens (including phenoxy) is 4. The maximum Gasteiger partial charge on any atom is 0.326 e. The number of pyridine rings is 1. The third kappa shape index (κ3) is 5.46. The number of esters is 1. The number of aromatic nitrogens is 1. The first-order valence-electron chi connectivity index (χ1n) is 9.70. The van der Waals surface area contributed by atoms with E-state index >= 15 is 0 Å². The Balaban J connectivity index is 1.65. The Kier molecular flexibility index (Phi) is 7.58. The molecule has 0 aliphatic carbocycles. The summed E-state index contributed by atoms with van der Waals surface area (Å²) in [4.78, 5) is 30.8. The Morgan fingerprint density at radius 2 is 1.83 bits per heavy atom. The lowest BCUT2D eigenvalue weighted by atomic mass is 10.1. The van der Waals surface area contributed by atoms with Crippen LogP contribution in [0.15, 0.2) is 42.5 Å². The molecule has 1 atom stereocenters. The van der Waals surface area contributed by atoms with Gasteiger partial charge < -0.3 is 24.7 Å². The van der Waals surface area contributed by atoms with E-state index < -0.39 is 18.0 Å². The van der Waals surface area contributed by atoms with Gasteiger partial charge >= 0.3 is 5.97 Å². The van der Waals surface area contributed by atoms with Crippen LogP contribution in [0.5, 0.6) is 5.75 Å². The summed E-state index contributed by atoms with van der Waals surface area (Å²) >= 11 is 0. The molecule has 2 heterocycles. The van der Waals surface area contributed by atoms with Crippen molar-refractivity contribution in [2.75, 3.05) is 50.2 Å². The van der Waals surface area contributed by atoms with Gasteiger partial charge in [0.1, 0.15) is 19.0 Å². The van der Waals surface area contributed by atoms with E-state index in [1.54, 1.807) is 24.3 Å². The number of amides is 1. The molecule has 0 fully saturated rings. The number of carbonyl (C=O) groups excluding carboxylic acids is 2. The number of nitrogens with two attached hydrogens (primary N) is 1. The molecule has 0 spiro atoms. The average molecular weight is 415 g/mol. The highest BCUT2D eigenvalue weighted by atomic mass is 16.6. The van der Waals surface area contributed by atoms with E-state index in [-0.39, 0.29) is 31.4 Å². The molecule has 3 rings (SSSR count). The van der Waals surface area contributed by atoms with Crippen molar-refractivity contribution in [2.45, 2.75) is 13.0 Å². The minimum Gasteiger partial charge on any atom is -0.472 e. The summed E-state index contributed by atoms with van der Waals surface area (Å²) in [7, 11) is 0. The number of fused-ring (bicyclic) bond motifs is 1. The first-order valence-corrected chi connectivity index (χ1v) is 9.70. The van der Waals surface area contributed by atoms with Gasteiger partial charge in [0.15, 0.2) is 11.6 Å². The number of benzene rings is 1. The molecule has 2 aromatic rings. The van der Waals surface area contributed by atoms with E-state index in [0.717, 1.165) is 0 Å². The van der Waals surface area contributed by atoms with Gasteiger partial charge in [-0.1, -0.05) is 30.3 Å². The second-order valence-corrected chi connectivity index (χ2v) is 6.42. The molecule has 9 nitrogen and oxygen atoms in total. The standard InChI is InChI=1S/C21H25N3O6/c1-2-27-10-11-28-12-13-29-18(25)14-24-20-16(8-9-17(22)23-20)30-19(21(24)26)15-6-4-3-5-7-15/h3-9,19H,2,10-14H2,1H3,(H2,22,23). The minimum absolute atomic E-state index is 0.0722. The number of hydrogen-bond donors (Lipinski definition) is 1. The Bertz CT molecular complexity index is 861. The van der Waals surface area contributed by atoms with E-state index in [1.165, 1.54) is 4.90 Å². The zero-order valence-corrected chi connectivity index (χ0v) is 16.8. The van der Waals surface area contributed by atoms with Gasteiger partial charge in [0.25, 0.3) is 5.91 Å². The predicted molar refractivity (Wildman–Crippen MR) is 109 cm³/mol. The monoisotopic (exact) mass is 415 g/mol. The molecule has 0 bridgehead atoms. The van der Waals surface area contributed by atoms with Crippen LogP contribution < -0.4 is 15.4 Å². The number of anilines is 2. The van der Waals surface area contributed by atoms with Crippen molar-refractivity contribution in [1.29, 1.82) is 0 Å². The van der Waals surface area contributed by atoms with Gasteiger partial charge in [-0.25, -0.2) is 4.98 Å². The molecule has 1 aliphatic rings. The summed E-state index contributed by atoms with van der Waals surface area (Å²) in [6.45, 7) is 3.43. The summed E-state index contributed by atoms with van der Waals surface area (Å²) in [5, 5.41) is 0. The van der Waals surface area contributed by atoms with Crippen LogP contribution in [0.2, 0.25) is 0 Å². The van der Waals surface area contributed by atoms with Crippen molar-refractivity contribution in [3.8, 4) is 5.75 Å². The SMILES string of the molecule is CCOCCOCCOC(=O)CN1C(=O)C(c2ccccc2)Oc2ccc(N)nc21. The van der Waals surface area contributed by atoms with Crippen LogP contribution in [-0.4, -0.2) is 56.4 Å². The van der Waals surface area contributed by atoms with E-state index in [2.05, 4.69) is 4.98 Å². The molecule has 0 saturated carbocycles. The largest absolute Gasteiger partial charge is 0.472 e. The normalized spacial score (nSPS) is 15.4. The molecule has 1 aliphatic heterocycles. The number of hydrogen-bond acceptors (Lipinski definition) is 8. The zero-order chi connectivity index (χ0) is 21.3. The summed E-state index contributed by atoms with van der Waals surface area (Å²) < 4.78 is 21.5. The van der Waals surface area contributed by atoms with E-state index in [9.17, 15) is 9.59 Å². The van der Waals surface area contributed by atoms with Crippen LogP contribution >= 0.6 is 0 Å². The van der Waals surface area contributed by atoms with Crippen LogP contribution in [0.25, 0.3) is 0 Å². The highest BCUT2D eigenvalue weighted by molar-refractivity contribution is 6.02. The third-order valence-corrected chi connectivity index (χ3v) is 4.31. The van der Waals surface area contributed by atoms with Crippen molar-refractivity contribution in [3.63, 3.8) is 0 Å². The molecule has 2 N–H and O–H groups in total. The zero-order valence-electron chi connectivity index (χ0n) is 16.8. The summed E-state index contributed by atoms with van der Waals surface area (Å²) in [5.41, 5.74) is 6.44. The fourth-order valence-corrected chi connectivity index (χ4v) is 2.90. The molecular weight excluding hydrogens is 390 g/mol. The van der Waals surface area contributed by atoms with Gasteiger partial charge in [0, 0.05) is 12.2 Å². The Labute approximate surface area is 174 Å². The van der Waals surface area contributed by atoms with Crippen molar-refractivity contribution in [3.05, 3.63) is 48.0 Å². The quantitative estimate of drug-likeness (QED) is 0.461. The molecule has 1 unspecified atom stereocenters. The van der Waals surface area contributed by atoms with Gasteiger partial charge in [-0.3, -0.25) is 14.5 Å². The molecule has 30 heavy (non-hydrogen) atoms. The average Bonchev–Trinajstić information content (AvgIpc) is 2.75. The Morgan fingerprint density at radius 3 is 2.60 bits per heavy atom. The van der Waals surface area contributed by atoms with Gasteiger partial charge in [-0.2, -0.15) is 0 Å². The molecule has 0 saturated heterocycles. The van der Waals surface area contributed by atoms with Crippen molar-refractivity contribution < 1.29 is 28.5 Å². The van der Waals surface area contributed by atoms with Gasteiger partial charge in [0.2, 0.25) is 6.10 Å². The van der Waals surface area contributed by atoms with Crippen LogP contribution in [0, 0.1) is 0 Å². The van der Waals surface area contributed by atoms with Crippen molar-refractivity contribution in [1.82, 2.24) is 4.98 Å². The fraction of sp³-hybridized carbons (Fsp3) is 0.381. The topological polar surface area (TPSA) is 113 Å². The fourth-order valence-electron chi connectivity index (χ4n) is 2.90. The first kappa shape index (κ1) is 21.5. The van der Waals surface area contributed by atoms with Crippen LogP contribution in [-0.2, 0) is 23.8 Å². The Morgan fingerprint density at radius 1 is 1.10 bits per heavy atom. The van der Waals surface area contributed by atoms with Gasteiger partial charge in [-0.05, 0) is 19.1 Å². The molecule has 1 amide bonds. The van der Waals surface area contributed by atoms with Crippen LogP contribution in [0.1, 0.15) is 18.6 Å². The first-order chi connectivity index (χ1) is 14.6. The number of nitrogen functional groups attached to an aromatic ring is 1. The summed E-state index contributed by atoms with van der Waals surface area (Å²) in [5.74, 6) is -0.233. The summed E-state index contributed by atoms with van der Waals surface area (Å²) in [6, 6.07) is 12.2. The van der Waals surface area contributed by atoms with Gasteiger partial charge in [0.05, 0.1) is 19.8 Å². The van der Waals surface area contributed by atoms with Gasteiger partial charge in [-0.15, -0.1) is 0 Å². The molecule has 1 aromatic carbocycles. The highest BCUT2D eigenvalue weighted by Gasteiger charge is 2.37. The summed E-state index contributed by atoms with van der Waals surface area (Å²) in [6.07, 6.45) is -0.890. The third-order valence-electron chi connectivity index (χ3n) is 4.31.